The van der Waals surface area contributed by atoms with Crippen molar-refractivity contribution in [2.24, 2.45) is 0 Å². The van der Waals surface area contributed by atoms with Crippen molar-refractivity contribution in [3.05, 3.63) is 46.2 Å². The molecule has 0 aliphatic carbocycles. The standard InChI is InChI=1S/C21H30N4O2S/c1-6-15(3)25(20(26)19-9-8-12-28-19)14-16-13-17(23-21(27)22-7-2)10-11-18(16)24(4)5/h8-13,15H,6-7,14H2,1-5H3,(H2,22,23,27). The number of nitrogens with zero attached hydrogens (tertiary/aromatic N) is 2. The minimum atomic E-state index is -0.237. The van der Waals surface area contributed by atoms with Gasteiger partial charge in [0.1, 0.15) is 0 Å². The summed E-state index contributed by atoms with van der Waals surface area (Å²) in [5.41, 5.74) is 2.72. The summed E-state index contributed by atoms with van der Waals surface area (Å²) in [6.45, 7) is 7.06. The van der Waals surface area contributed by atoms with Crippen LogP contribution in [0.25, 0.3) is 0 Å². The molecule has 0 saturated heterocycles. The molecule has 2 N–H and O–H groups in total. The van der Waals surface area contributed by atoms with Gasteiger partial charge in [-0.3, -0.25) is 4.79 Å². The molecule has 152 valence electrons. The van der Waals surface area contributed by atoms with E-state index in [4.69, 9.17) is 0 Å². The summed E-state index contributed by atoms with van der Waals surface area (Å²) in [5.74, 6) is 0.0381. The van der Waals surface area contributed by atoms with E-state index in [1.807, 2.05) is 66.5 Å². The van der Waals surface area contributed by atoms with Gasteiger partial charge in [0.25, 0.3) is 5.91 Å². The van der Waals surface area contributed by atoms with E-state index in [1.54, 1.807) is 0 Å². The molecule has 3 amide bonds. The average Bonchev–Trinajstić information content (AvgIpc) is 3.19. The molecule has 2 aromatic rings. The van der Waals surface area contributed by atoms with Crippen LogP contribution in [0.4, 0.5) is 16.2 Å². The zero-order chi connectivity index (χ0) is 20.7. The first-order valence-electron chi connectivity index (χ1n) is 9.56. The third-order valence-corrected chi connectivity index (χ3v) is 5.47. The van der Waals surface area contributed by atoms with E-state index >= 15 is 0 Å². The molecule has 0 saturated carbocycles. The summed E-state index contributed by atoms with van der Waals surface area (Å²) in [7, 11) is 3.95. The van der Waals surface area contributed by atoms with E-state index in [0.717, 1.165) is 22.5 Å². The monoisotopic (exact) mass is 402 g/mol. The molecule has 7 heteroatoms. The lowest BCUT2D eigenvalue weighted by molar-refractivity contribution is 0.0677. The van der Waals surface area contributed by atoms with Gasteiger partial charge in [0, 0.05) is 44.6 Å². The summed E-state index contributed by atoms with van der Waals surface area (Å²) in [4.78, 5) is 29.6. The number of anilines is 2. The lowest BCUT2D eigenvalue weighted by Gasteiger charge is -2.30. The van der Waals surface area contributed by atoms with Gasteiger partial charge in [-0.1, -0.05) is 13.0 Å². The van der Waals surface area contributed by atoms with E-state index in [0.29, 0.717) is 18.8 Å². The second-order valence-electron chi connectivity index (χ2n) is 6.89. The highest BCUT2D eigenvalue weighted by molar-refractivity contribution is 7.12. The van der Waals surface area contributed by atoms with E-state index < -0.39 is 0 Å². The lowest BCUT2D eigenvalue weighted by atomic mass is 10.1. The fraction of sp³-hybridized carbons (Fsp3) is 0.429. The van der Waals surface area contributed by atoms with Crippen LogP contribution < -0.4 is 15.5 Å². The predicted molar refractivity (Wildman–Crippen MR) is 117 cm³/mol. The van der Waals surface area contributed by atoms with Crippen molar-refractivity contribution >= 4 is 34.6 Å². The molecule has 0 fully saturated rings. The zero-order valence-corrected chi connectivity index (χ0v) is 18.1. The Morgan fingerprint density at radius 2 is 1.93 bits per heavy atom. The van der Waals surface area contributed by atoms with E-state index in [1.165, 1.54) is 11.3 Å². The Labute approximate surface area is 171 Å². The van der Waals surface area contributed by atoms with Crippen LogP contribution in [0.3, 0.4) is 0 Å². The molecule has 1 atom stereocenters. The molecule has 0 radical (unpaired) electrons. The molecule has 1 heterocycles. The van der Waals surface area contributed by atoms with Crippen LogP contribution in [0.5, 0.6) is 0 Å². The maximum Gasteiger partial charge on any atom is 0.319 e. The van der Waals surface area contributed by atoms with Crippen LogP contribution in [0.15, 0.2) is 35.7 Å². The molecule has 2 rings (SSSR count). The number of carbonyl (C=O) groups is 2. The molecule has 0 bridgehead atoms. The minimum Gasteiger partial charge on any atom is -0.377 e. The third kappa shape index (κ3) is 5.48. The highest BCUT2D eigenvalue weighted by Gasteiger charge is 2.23. The first-order valence-corrected chi connectivity index (χ1v) is 10.4. The first-order chi connectivity index (χ1) is 13.4. The number of rotatable bonds is 8. The van der Waals surface area contributed by atoms with Gasteiger partial charge in [-0.15, -0.1) is 11.3 Å². The molecule has 1 aromatic heterocycles. The number of benzene rings is 1. The maximum atomic E-state index is 13.1. The molecular formula is C21H30N4O2S. The number of amides is 3. The smallest absolute Gasteiger partial charge is 0.319 e. The molecule has 28 heavy (non-hydrogen) atoms. The van der Waals surface area contributed by atoms with E-state index in [-0.39, 0.29) is 18.0 Å². The average molecular weight is 403 g/mol. The van der Waals surface area contributed by atoms with Crippen LogP contribution >= 0.6 is 11.3 Å². The number of hydrogen-bond donors (Lipinski definition) is 2. The van der Waals surface area contributed by atoms with Crippen molar-refractivity contribution in [3.63, 3.8) is 0 Å². The van der Waals surface area contributed by atoms with Gasteiger partial charge in [0.15, 0.2) is 0 Å². The van der Waals surface area contributed by atoms with Gasteiger partial charge in [0.2, 0.25) is 0 Å². The molecule has 6 nitrogen and oxygen atoms in total. The topological polar surface area (TPSA) is 64.7 Å². The van der Waals surface area contributed by atoms with Gasteiger partial charge in [-0.2, -0.15) is 0 Å². The van der Waals surface area contributed by atoms with Crippen molar-refractivity contribution in [2.75, 3.05) is 30.9 Å². The Morgan fingerprint density at radius 1 is 1.18 bits per heavy atom. The van der Waals surface area contributed by atoms with Crippen molar-refractivity contribution in [1.82, 2.24) is 10.2 Å². The Morgan fingerprint density at radius 3 is 2.50 bits per heavy atom. The molecule has 1 aromatic carbocycles. The fourth-order valence-electron chi connectivity index (χ4n) is 2.94. The predicted octanol–water partition coefficient (Wildman–Crippen LogP) is 4.40. The zero-order valence-electron chi connectivity index (χ0n) is 17.3. The normalized spacial score (nSPS) is 11.6. The summed E-state index contributed by atoms with van der Waals surface area (Å²) < 4.78 is 0. The second kappa shape index (κ2) is 10.1. The van der Waals surface area contributed by atoms with Crippen molar-refractivity contribution in [3.8, 4) is 0 Å². The number of carbonyl (C=O) groups excluding carboxylic acids is 2. The van der Waals surface area contributed by atoms with Crippen molar-refractivity contribution < 1.29 is 9.59 Å². The SMILES string of the molecule is CCNC(=O)Nc1ccc(N(C)C)c(CN(C(=O)c2cccs2)C(C)CC)c1. The first kappa shape index (κ1) is 21.8. The molecule has 0 aliphatic heterocycles. The number of thiophene rings is 1. The van der Waals surface area contributed by atoms with Crippen LogP contribution in [0, 0.1) is 0 Å². The van der Waals surface area contributed by atoms with Crippen LogP contribution in [0.1, 0.15) is 42.4 Å². The summed E-state index contributed by atoms with van der Waals surface area (Å²) in [5, 5.41) is 7.51. The molecule has 0 aliphatic rings. The minimum absolute atomic E-state index is 0.0381. The Kier molecular flexibility index (Phi) is 7.87. The highest BCUT2D eigenvalue weighted by Crippen LogP contribution is 2.27. The largest absolute Gasteiger partial charge is 0.377 e. The quantitative estimate of drug-likeness (QED) is 0.688. The second-order valence-corrected chi connectivity index (χ2v) is 7.84. The van der Waals surface area contributed by atoms with E-state index in [2.05, 4.69) is 24.5 Å². The van der Waals surface area contributed by atoms with Gasteiger partial charge < -0.3 is 20.4 Å². The number of nitrogens with one attached hydrogen (secondary N) is 2. The van der Waals surface area contributed by atoms with Gasteiger partial charge in [-0.05, 0) is 55.5 Å². The van der Waals surface area contributed by atoms with Gasteiger partial charge >= 0.3 is 6.03 Å². The van der Waals surface area contributed by atoms with Crippen LogP contribution in [0.2, 0.25) is 0 Å². The van der Waals surface area contributed by atoms with E-state index in [9.17, 15) is 9.59 Å². The third-order valence-electron chi connectivity index (χ3n) is 4.61. The highest BCUT2D eigenvalue weighted by atomic mass is 32.1. The Balaban J connectivity index is 2.35. The molecule has 0 spiro atoms. The Bertz CT molecular complexity index is 790. The fourth-order valence-corrected chi connectivity index (χ4v) is 3.61. The Hall–Kier alpha value is -2.54. The van der Waals surface area contributed by atoms with Crippen LogP contribution in [-0.2, 0) is 6.54 Å². The van der Waals surface area contributed by atoms with Gasteiger partial charge in [0.05, 0.1) is 4.88 Å². The molecule has 1 unspecified atom stereocenters. The number of hydrogen-bond acceptors (Lipinski definition) is 4. The molecular weight excluding hydrogens is 372 g/mol. The lowest BCUT2D eigenvalue weighted by Crippen LogP contribution is -2.37. The van der Waals surface area contributed by atoms with Crippen molar-refractivity contribution in [2.45, 2.75) is 39.8 Å². The summed E-state index contributed by atoms with van der Waals surface area (Å²) in [6.07, 6.45) is 0.866. The summed E-state index contributed by atoms with van der Waals surface area (Å²) in [6, 6.07) is 9.42. The van der Waals surface area contributed by atoms with Gasteiger partial charge in [-0.25, -0.2) is 4.79 Å². The number of urea groups is 1. The van der Waals surface area contributed by atoms with Crippen LogP contribution in [-0.4, -0.2) is 43.5 Å². The maximum absolute atomic E-state index is 13.1. The summed E-state index contributed by atoms with van der Waals surface area (Å²) >= 11 is 1.46. The van der Waals surface area contributed by atoms with Crippen molar-refractivity contribution in [1.29, 1.82) is 0 Å².